The summed E-state index contributed by atoms with van der Waals surface area (Å²) in [5.74, 6) is -0.172. The van der Waals surface area contributed by atoms with Gasteiger partial charge in [0.2, 0.25) is 0 Å². The molecule has 0 radical (unpaired) electrons. The maximum absolute atomic E-state index is 12.5. The van der Waals surface area contributed by atoms with Gasteiger partial charge in [0.1, 0.15) is 0 Å². The Morgan fingerprint density at radius 3 is 2.04 bits per heavy atom. The number of hydrogen-bond donors (Lipinski definition) is 0. The molecule has 0 aromatic heterocycles. The molecule has 0 saturated heterocycles. The lowest BCUT2D eigenvalue weighted by Crippen LogP contribution is -2.25. The van der Waals surface area contributed by atoms with Gasteiger partial charge in [-0.2, -0.15) is 5.10 Å². The number of carbonyl (C=O) groups excluding carboxylic acids is 1. The van der Waals surface area contributed by atoms with Gasteiger partial charge in [-0.3, -0.25) is 4.79 Å². The molecule has 0 spiro atoms. The Balaban J connectivity index is 2.03. The van der Waals surface area contributed by atoms with Gasteiger partial charge in [-0.15, -0.1) is 0 Å². The molecule has 2 aromatic rings. The van der Waals surface area contributed by atoms with E-state index in [1.165, 1.54) is 5.01 Å². The Labute approximate surface area is 152 Å². The summed E-state index contributed by atoms with van der Waals surface area (Å²) in [7, 11) is 0. The Morgan fingerprint density at radius 2 is 1.54 bits per heavy atom. The molecule has 3 nitrogen and oxygen atoms in total. The summed E-state index contributed by atoms with van der Waals surface area (Å²) in [6, 6.07) is 14.8. The number of hydrogen-bond acceptors (Lipinski definition) is 2. The van der Waals surface area contributed by atoms with Crippen LogP contribution in [0.2, 0.25) is 10.0 Å². The number of allylic oxidation sites excluding steroid dienone is 1. The van der Waals surface area contributed by atoms with Crippen LogP contribution < -0.4 is 0 Å². The Hall–Kier alpha value is -2.10. The van der Waals surface area contributed by atoms with Crippen LogP contribution in [0, 0.1) is 0 Å². The average Bonchev–Trinajstić information content (AvgIpc) is 2.60. The zero-order valence-electron chi connectivity index (χ0n) is 13.4. The number of rotatable bonds is 6. The highest BCUT2D eigenvalue weighted by molar-refractivity contribution is 6.30. The van der Waals surface area contributed by atoms with Gasteiger partial charge in [-0.1, -0.05) is 53.5 Å². The first kappa shape index (κ1) is 18.2. The summed E-state index contributed by atoms with van der Waals surface area (Å²) >= 11 is 11.7. The second-order valence-corrected chi connectivity index (χ2v) is 6.22. The van der Waals surface area contributed by atoms with E-state index in [2.05, 4.69) is 11.8 Å². The summed E-state index contributed by atoms with van der Waals surface area (Å²) in [6.07, 6.45) is 2.53. The number of amides is 1. The zero-order chi connectivity index (χ0) is 17.5. The second-order valence-electron chi connectivity index (χ2n) is 5.35. The molecule has 0 fully saturated rings. The van der Waals surface area contributed by atoms with Crippen LogP contribution in [0.1, 0.15) is 18.1 Å². The van der Waals surface area contributed by atoms with Crippen LogP contribution in [0.15, 0.2) is 65.3 Å². The number of nitrogens with zero attached hydrogens (tertiary/aromatic N) is 2. The average molecular weight is 361 g/mol. The topological polar surface area (TPSA) is 32.7 Å². The highest BCUT2D eigenvalue weighted by Gasteiger charge is 2.14. The van der Waals surface area contributed by atoms with Crippen molar-refractivity contribution in [1.82, 2.24) is 5.01 Å². The van der Waals surface area contributed by atoms with Crippen molar-refractivity contribution in [1.29, 1.82) is 0 Å². The van der Waals surface area contributed by atoms with Gasteiger partial charge in [0.15, 0.2) is 0 Å². The monoisotopic (exact) mass is 360 g/mol. The fourth-order valence-electron chi connectivity index (χ4n) is 2.13. The summed E-state index contributed by atoms with van der Waals surface area (Å²) in [5.41, 5.74) is 2.64. The van der Waals surface area contributed by atoms with Crippen LogP contribution in [0.4, 0.5) is 0 Å². The third kappa shape index (κ3) is 5.22. The molecule has 2 aromatic carbocycles. The van der Waals surface area contributed by atoms with E-state index in [1.807, 2.05) is 42.5 Å². The Morgan fingerprint density at radius 1 is 1.04 bits per heavy atom. The van der Waals surface area contributed by atoms with Gasteiger partial charge in [0, 0.05) is 22.3 Å². The van der Waals surface area contributed by atoms with E-state index in [9.17, 15) is 4.79 Å². The lowest BCUT2D eigenvalue weighted by molar-refractivity contribution is -0.127. The minimum atomic E-state index is -0.172. The first-order valence-electron chi connectivity index (χ1n) is 7.43. The molecule has 0 aliphatic heterocycles. The predicted octanol–water partition coefficient (Wildman–Crippen LogP) is 5.13. The number of halogens is 2. The van der Waals surface area contributed by atoms with Crippen LogP contribution in [0.3, 0.4) is 0 Å². The van der Waals surface area contributed by atoms with Crippen molar-refractivity contribution in [3.63, 3.8) is 0 Å². The minimum absolute atomic E-state index is 0.172. The van der Waals surface area contributed by atoms with Gasteiger partial charge in [0.05, 0.1) is 6.54 Å². The summed E-state index contributed by atoms with van der Waals surface area (Å²) < 4.78 is 0. The van der Waals surface area contributed by atoms with Crippen LogP contribution in [0.25, 0.3) is 0 Å². The smallest absolute Gasteiger partial charge is 0.268 e. The lowest BCUT2D eigenvalue weighted by Gasteiger charge is -2.17. The molecule has 24 heavy (non-hydrogen) atoms. The maximum Gasteiger partial charge on any atom is 0.269 e. The minimum Gasteiger partial charge on any atom is -0.268 e. The van der Waals surface area contributed by atoms with Gasteiger partial charge in [-0.05, 0) is 48.7 Å². The van der Waals surface area contributed by atoms with Gasteiger partial charge in [-0.25, -0.2) is 5.01 Å². The highest BCUT2D eigenvalue weighted by Crippen LogP contribution is 2.14. The molecule has 2 rings (SSSR count). The van der Waals surface area contributed by atoms with E-state index < -0.39 is 0 Å². The van der Waals surface area contributed by atoms with E-state index >= 15 is 0 Å². The summed E-state index contributed by atoms with van der Waals surface area (Å²) in [6.45, 7) is 5.62. The second kappa shape index (κ2) is 8.67. The third-order valence-corrected chi connectivity index (χ3v) is 4.05. The first-order chi connectivity index (χ1) is 11.5. The van der Waals surface area contributed by atoms with Gasteiger partial charge >= 0.3 is 0 Å². The summed E-state index contributed by atoms with van der Waals surface area (Å²) in [4.78, 5) is 12.5. The Kier molecular flexibility index (Phi) is 6.59. The van der Waals surface area contributed by atoms with E-state index in [4.69, 9.17) is 23.2 Å². The van der Waals surface area contributed by atoms with E-state index in [0.29, 0.717) is 28.6 Å². The molecule has 5 heteroatoms. The number of hydrazone groups is 1. The lowest BCUT2D eigenvalue weighted by atomic mass is 10.1. The van der Waals surface area contributed by atoms with Crippen molar-refractivity contribution in [2.75, 3.05) is 0 Å². The highest BCUT2D eigenvalue weighted by atomic mass is 35.5. The zero-order valence-corrected chi connectivity index (χ0v) is 14.9. The number of carbonyl (C=O) groups is 1. The molecular weight excluding hydrogens is 343 g/mol. The number of benzene rings is 2. The summed E-state index contributed by atoms with van der Waals surface area (Å²) in [5, 5.41) is 6.53. The largest absolute Gasteiger partial charge is 0.269 e. The van der Waals surface area contributed by atoms with Crippen LogP contribution in [0.5, 0.6) is 0 Å². The van der Waals surface area contributed by atoms with Crippen molar-refractivity contribution in [2.24, 2.45) is 5.10 Å². The molecule has 1 amide bonds. The van der Waals surface area contributed by atoms with Gasteiger partial charge in [0.25, 0.3) is 5.91 Å². The van der Waals surface area contributed by atoms with Crippen molar-refractivity contribution in [3.8, 4) is 0 Å². The standard InChI is InChI=1S/C19H18Cl2N2O/c1-14(3-4-15-5-9-17(20)10-6-15)19(24)23(22-2)13-16-7-11-18(21)12-8-16/h3,5-12H,2,4,13H2,1H3/b14-3-. The van der Waals surface area contributed by atoms with E-state index in [1.54, 1.807) is 19.1 Å². The molecule has 0 heterocycles. The molecule has 0 saturated carbocycles. The molecule has 124 valence electrons. The molecule has 0 bridgehead atoms. The maximum atomic E-state index is 12.5. The van der Waals surface area contributed by atoms with Crippen molar-refractivity contribution in [3.05, 3.63) is 81.4 Å². The van der Waals surface area contributed by atoms with E-state index in [-0.39, 0.29) is 5.91 Å². The normalized spacial score (nSPS) is 11.2. The fraction of sp³-hybridized carbons (Fsp3) is 0.158. The van der Waals surface area contributed by atoms with Crippen molar-refractivity contribution in [2.45, 2.75) is 19.9 Å². The SMILES string of the molecule is C=NN(Cc1ccc(Cl)cc1)C(=O)/C(C)=C\Cc1ccc(Cl)cc1. The Bertz CT molecular complexity index is 737. The van der Waals surface area contributed by atoms with Crippen molar-refractivity contribution < 1.29 is 4.79 Å². The first-order valence-corrected chi connectivity index (χ1v) is 8.19. The van der Waals surface area contributed by atoms with E-state index in [0.717, 1.165) is 11.1 Å². The quantitative estimate of drug-likeness (QED) is 0.399. The van der Waals surface area contributed by atoms with Crippen LogP contribution >= 0.6 is 23.2 Å². The van der Waals surface area contributed by atoms with Crippen LogP contribution in [-0.4, -0.2) is 17.6 Å². The molecular formula is C19H18Cl2N2O. The van der Waals surface area contributed by atoms with Gasteiger partial charge < -0.3 is 0 Å². The van der Waals surface area contributed by atoms with Crippen LogP contribution in [-0.2, 0) is 17.8 Å². The fourth-order valence-corrected chi connectivity index (χ4v) is 2.38. The molecule has 0 atom stereocenters. The molecule has 0 unspecified atom stereocenters. The predicted molar refractivity (Wildman–Crippen MR) is 100 cm³/mol. The third-order valence-electron chi connectivity index (χ3n) is 3.55. The van der Waals surface area contributed by atoms with Crippen molar-refractivity contribution >= 4 is 35.8 Å². The molecule has 0 aliphatic rings. The molecule has 0 aliphatic carbocycles. The molecule has 0 N–H and O–H groups in total.